The molecule has 202 valence electrons. The number of para-hydroxylation sites is 1. The number of thioether (sulfide) groups is 1. The van der Waals surface area contributed by atoms with Crippen LogP contribution in [-0.2, 0) is 20.8 Å². The Bertz CT molecular complexity index is 1210. The fraction of sp³-hybridized carbons (Fsp3) is 0.483. The smallest absolute Gasteiger partial charge is 0.248 e. The molecular weight excluding hydrogens is 522 g/mol. The quantitative estimate of drug-likeness (QED) is 0.437. The number of nitrogens with one attached hydrogen (secondary N) is 2. The van der Waals surface area contributed by atoms with E-state index < -0.39 is 28.7 Å². The second kappa shape index (κ2) is 10.9. The average Bonchev–Trinajstić information content (AvgIpc) is 3.56. The van der Waals surface area contributed by atoms with Gasteiger partial charge in [-0.15, -0.1) is 11.8 Å². The van der Waals surface area contributed by atoms with Gasteiger partial charge in [0.2, 0.25) is 17.7 Å². The molecule has 3 fully saturated rings. The number of rotatable bonds is 9. The predicted octanol–water partition coefficient (Wildman–Crippen LogP) is 3.81. The molecule has 3 aliphatic heterocycles. The normalized spacial score (nSPS) is 28.3. The van der Waals surface area contributed by atoms with Crippen molar-refractivity contribution in [2.75, 3.05) is 18.5 Å². The van der Waals surface area contributed by atoms with Gasteiger partial charge < -0.3 is 20.6 Å². The zero-order chi connectivity index (χ0) is 27.0. The van der Waals surface area contributed by atoms with Crippen LogP contribution in [0.25, 0.3) is 0 Å². The maximum Gasteiger partial charge on any atom is 0.248 e. The number of carbonyl (C=O) groups is 3. The summed E-state index contributed by atoms with van der Waals surface area (Å²) < 4.78 is -0.737. The van der Waals surface area contributed by atoms with E-state index in [2.05, 4.69) is 10.6 Å². The number of benzene rings is 2. The number of aliphatic hydroxyl groups is 1. The maximum absolute atomic E-state index is 14.3. The summed E-state index contributed by atoms with van der Waals surface area (Å²) in [5.74, 6) is -1.77. The summed E-state index contributed by atoms with van der Waals surface area (Å²) in [5, 5.41) is 17.0. The van der Waals surface area contributed by atoms with Gasteiger partial charge in [-0.1, -0.05) is 61.0 Å². The van der Waals surface area contributed by atoms with Crippen molar-refractivity contribution in [2.24, 2.45) is 11.8 Å². The fourth-order valence-corrected chi connectivity index (χ4v) is 9.04. The van der Waals surface area contributed by atoms with Crippen molar-refractivity contribution < 1.29 is 19.5 Å². The zero-order valence-corrected chi connectivity index (χ0v) is 23.2. The number of fused-ring (bicyclic) bond motifs is 1. The van der Waals surface area contributed by atoms with Gasteiger partial charge in [0.1, 0.15) is 6.04 Å². The minimum absolute atomic E-state index is 0.0120. The summed E-state index contributed by atoms with van der Waals surface area (Å²) >= 11 is 8.07. The summed E-state index contributed by atoms with van der Waals surface area (Å²) in [4.78, 5) is 43.3. The number of likely N-dealkylation sites (tertiary alicyclic amines) is 1. The van der Waals surface area contributed by atoms with E-state index in [9.17, 15) is 19.5 Å². The van der Waals surface area contributed by atoms with Crippen molar-refractivity contribution in [1.29, 1.82) is 0 Å². The highest BCUT2D eigenvalue weighted by molar-refractivity contribution is 8.02. The molecule has 2 bridgehead atoms. The van der Waals surface area contributed by atoms with Crippen molar-refractivity contribution in [1.82, 2.24) is 10.2 Å². The first-order chi connectivity index (χ1) is 18.3. The molecule has 0 aliphatic carbocycles. The molecule has 3 saturated heterocycles. The number of hydrogen-bond acceptors (Lipinski definition) is 5. The van der Waals surface area contributed by atoms with E-state index in [0.29, 0.717) is 30.1 Å². The maximum atomic E-state index is 14.3. The Morgan fingerprint density at radius 1 is 1.18 bits per heavy atom. The van der Waals surface area contributed by atoms with Crippen LogP contribution in [0.1, 0.15) is 37.3 Å². The van der Waals surface area contributed by atoms with E-state index in [4.69, 9.17) is 11.6 Å². The number of nitrogens with zero attached hydrogens (tertiary/aromatic N) is 1. The molecule has 0 aromatic heterocycles. The molecule has 0 radical (unpaired) electrons. The molecule has 3 N–H and O–H groups in total. The third-order valence-corrected chi connectivity index (χ3v) is 10.5. The van der Waals surface area contributed by atoms with Gasteiger partial charge in [-0.25, -0.2) is 0 Å². The third kappa shape index (κ3) is 4.50. The molecule has 3 amide bonds. The Balaban J connectivity index is 1.55. The van der Waals surface area contributed by atoms with Crippen LogP contribution in [0.15, 0.2) is 48.5 Å². The van der Waals surface area contributed by atoms with Gasteiger partial charge in [0.05, 0.1) is 39.9 Å². The van der Waals surface area contributed by atoms with E-state index in [0.717, 1.165) is 24.0 Å². The number of halogens is 1. The molecule has 2 unspecified atom stereocenters. The SMILES string of the molecule is CCCNC(=O)[C@@H]1[C@@H]2CCC3(S2)C(C(=O)Nc2c(C)cccc2Cl)N([C@@H](CO)Cc2ccccc2)C(=O)[C@H]13. The Morgan fingerprint density at radius 3 is 2.63 bits per heavy atom. The lowest BCUT2D eigenvalue weighted by Gasteiger charge is -2.37. The molecule has 3 heterocycles. The highest BCUT2D eigenvalue weighted by Crippen LogP contribution is 2.66. The minimum Gasteiger partial charge on any atom is -0.394 e. The molecule has 5 rings (SSSR count). The van der Waals surface area contributed by atoms with Gasteiger partial charge in [-0.05, 0) is 49.8 Å². The van der Waals surface area contributed by atoms with E-state index in [-0.39, 0.29) is 29.6 Å². The number of aliphatic hydroxyl groups excluding tert-OH is 1. The Kier molecular flexibility index (Phi) is 7.76. The van der Waals surface area contributed by atoms with E-state index in [1.54, 1.807) is 22.7 Å². The molecule has 6 atom stereocenters. The molecule has 38 heavy (non-hydrogen) atoms. The van der Waals surface area contributed by atoms with Crippen molar-refractivity contribution in [3.63, 3.8) is 0 Å². The van der Waals surface area contributed by atoms with Gasteiger partial charge in [0.25, 0.3) is 0 Å². The number of aryl methyl sites for hydroxylation is 1. The highest BCUT2D eigenvalue weighted by Gasteiger charge is 2.74. The van der Waals surface area contributed by atoms with E-state index in [1.807, 2.05) is 56.3 Å². The van der Waals surface area contributed by atoms with Crippen molar-refractivity contribution in [3.05, 3.63) is 64.7 Å². The summed E-state index contributed by atoms with van der Waals surface area (Å²) in [6, 6.07) is 13.6. The van der Waals surface area contributed by atoms with Gasteiger partial charge in [-0.3, -0.25) is 14.4 Å². The van der Waals surface area contributed by atoms with Crippen molar-refractivity contribution in [3.8, 4) is 0 Å². The average molecular weight is 556 g/mol. The Labute approximate surface area is 232 Å². The van der Waals surface area contributed by atoms with Gasteiger partial charge >= 0.3 is 0 Å². The van der Waals surface area contributed by atoms with Gasteiger partial charge in [0, 0.05) is 11.8 Å². The summed E-state index contributed by atoms with van der Waals surface area (Å²) in [5.41, 5.74) is 2.30. The van der Waals surface area contributed by atoms with E-state index >= 15 is 0 Å². The minimum atomic E-state index is -0.837. The third-order valence-electron chi connectivity index (χ3n) is 8.23. The van der Waals surface area contributed by atoms with Crippen LogP contribution in [0.2, 0.25) is 5.02 Å². The number of carbonyl (C=O) groups excluding carboxylic acids is 3. The lowest BCUT2D eigenvalue weighted by molar-refractivity contribution is -0.142. The standard InChI is InChI=1S/C29H34ClN3O4S/c1-3-14-31-26(35)22-21-12-13-29(38-21)23(22)28(37)33(19(16-34)15-18-9-5-4-6-10-18)25(29)27(36)32-24-17(2)8-7-11-20(24)30/h4-11,19,21-23,25,34H,3,12-16H2,1-2H3,(H,31,35)(H,32,36)/t19-,21+,22-,23+,25?,29?/m1/s1. The monoisotopic (exact) mass is 555 g/mol. The summed E-state index contributed by atoms with van der Waals surface area (Å²) in [6.45, 7) is 4.12. The predicted molar refractivity (Wildman–Crippen MR) is 150 cm³/mol. The Hall–Kier alpha value is -2.55. The van der Waals surface area contributed by atoms with Crippen LogP contribution in [0.4, 0.5) is 5.69 Å². The molecule has 2 aromatic rings. The summed E-state index contributed by atoms with van der Waals surface area (Å²) in [6.07, 6.45) is 2.64. The van der Waals surface area contributed by atoms with Gasteiger partial charge in [-0.2, -0.15) is 0 Å². The summed E-state index contributed by atoms with van der Waals surface area (Å²) in [7, 11) is 0. The van der Waals surface area contributed by atoms with Crippen molar-refractivity contribution in [2.45, 2.75) is 61.6 Å². The highest BCUT2D eigenvalue weighted by atomic mass is 35.5. The largest absolute Gasteiger partial charge is 0.394 e. The first kappa shape index (κ1) is 27.0. The molecule has 0 saturated carbocycles. The number of anilines is 1. The molecule has 2 aromatic carbocycles. The van der Waals surface area contributed by atoms with Crippen LogP contribution in [0.3, 0.4) is 0 Å². The lowest BCUT2D eigenvalue weighted by atomic mass is 9.70. The molecule has 9 heteroatoms. The zero-order valence-electron chi connectivity index (χ0n) is 21.7. The van der Waals surface area contributed by atoms with Crippen LogP contribution >= 0.6 is 23.4 Å². The van der Waals surface area contributed by atoms with Crippen molar-refractivity contribution >= 4 is 46.8 Å². The van der Waals surface area contributed by atoms with Crippen LogP contribution in [-0.4, -0.2) is 63.0 Å². The fourth-order valence-electron chi connectivity index (χ4n) is 6.57. The van der Waals surface area contributed by atoms with Crippen LogP contribution in [0, 0.1) is 18.8 Å². The molecular formula is C29H34ClN3O4S. The molecule has 7 nitrogen and oxygen atoms in total. The Morgan fingerprint density at radius 2 is 1.95 bits per heavy atom. The topological polar surface area (TPSA) is 98.7 Å². The number of hydrogen-bond donors (Lipinski definition) is 3. The van der Waals surface area contributed by atoms with Gasteiger partial charge in [0.15, 0.2) is 0 Å². The first-order valence-corrected chi connectivity index (χ1v) is 14.6. The second-order valence-corrected chi connectivity index (χ2v) is 12.5. The first-order valence-electron chi connectivity index (χ1n) is 13.3. The van der Waals surface area contributed by atoms with E-state index in [1.165, 1.54) is 0 Å². The van der Waals surface area contributed by atoms with Crippen LogP contribution in [0.5, 0.6) is 0 Å². The number of amides is 3. The molecule has 1 spiro atoms. The second-order valence-electron chi connectivity index (χ2n) is 10.5. The lowest BCUT2D eigenvalue weighted by Crippen LogP contribution is -2.55. The van der Waals surface area contributed by atoms with Crippen LogP contribution < -0.4 is 10.6 Å². The molecule has 3 aliphatic rings.